The molecule has 0 aliphatic carbocycles. The molecule has 2 aliphatic rings. The number of nitrogens with one attached hydrogen (secondary N) is 1. The van der Waals surface area contributed by atoms with E-state index in [0.717, 1.165) is 42.0 Å². The maximum absolute atomic E-state index is 13.1. The molecule has 0 radical (unpaired) electrons. The van der Waals surface area contributed by atoms with E-state index in [1.807, 2.05) is 17.8 Å². The molecule has 1 saturated heterocycles. The van der Waals surface area contributed by atoms with Gasteiger partial charge in [-0.15, -0.1) is 0 Å². The third-order valence-corrected chi connectivity index (χ3v) is 6.17. The van der Waals surface area contributed by atoms with Gasteiger partial charge in [0.1, 0.15) is 17.0 Å². The van der Waals surface area contributed by atoms with Gasteiger partial charge in [-0.3, -0.25) is 9.48 Å². The summed E-state index contributed by atoms with van der Waals surface area (Å²) in [4.78, 5) is 25.7. The highest BCUT2D eigenvalue weighted by atomic mass is 32.1. The Morgan fingerprint density at radius 2 is 1.97 bits per heavy atom. The van der Waals surface area contributed by atoms with Crippen LogP contribution >= 0.6 is 13.5 Å². The molecule has 1 fully saturated rings. The van der Waals surface area contributed by atoms with E-state index >= 15 is 0 Å². The minimum atomic E-state index is -0.533. The molecule has 3 aromatic rings. The average Bonchev–Trinajstić information content (AvgIpc) is 3.39. The van der Waals surface area contributed by atoms with Crippen LogP contribution in [0.15, 0.2) is 42.9 Å². The third-order valence-electron chi connectivity index (χ3n) is 6.17. The van der Waals surface area contributed by atoms with E-state index in [1.165, 1.54) is 12.1 Å². The zero-order valence-corrected chi connectivity index (χ0v) is 19.0. The van der Waals surface area contributed by atoms with Crippen LogP contribution in [0.4, 0.5) is 21.8 Å². The molecule has 5 rings (SSSR count). The Kier molecular flexibility index (Phi) is 5.81. The van der Waals surface area contributed by atoms with E-state index in [-0.39, 0.29) is 25.2 Å². The Hall–Kier alpha value is -3.14. The van der Waals surface area contributed by atoms with Crippen molar-refractivity contribution in [2.75, 3.05) is 28.7 Å². The first-order valence-corrected chi connectivity index (χ1v) is 10.4. The molecule has 1 aromatic carbocycles. The monoisotopic (exact) mass is 455 g/mol. The molecule has 2 aliphatic heterocycles. The number of carbonyl (C=O) groups is 1. The summed E-state index contributed by atoms with van der Waals surface area (Å²) in [5.74, 6) is 1.16. The molecule has 0 unspecified atom stereocenters. The van der Waals surface area contributed by atoms with E-state index < -0.39 is 5.54 Å². The molecule has 1 N–H and O–H groups in total. The van der Waals surface area contributed by atoms with Crippen LogP contribution in [0.5, 0.6) is 0 Å². The maximum Gasteiger partial charge on any atom is 0.252 e. The molecule has 10 heteroatoms. The first-order chi connectivity index (χ1) is 14.9. The summed E-state index contributed by atoms with van der Waals surface area (Å²) in [5.41, 5.74) is 2.17. The lowest BCUT2D eigenvalue weighted by Gasteiger charge is -2.43. The van der Waals surface area contributed by atoms with Gasteiger partial charge in [0.15, 0.2) is 5.82 Å². The van der Waals surface area contributed by atoms with Gasteiger partial charge in [-0.1, -0.05) is 12.1 Å². The van der Waals surface area contributed by atoms with Crippen molar-refractivity contribution < 1.29 is 9.18 Å². The molecule has 0 bridgehead atoms. The van der Waals surface area contributed by atoms with E-state index in [1.54, 1.807) is 36.5 Å². The summed E-state index contributed by atoms with van der Waals surface area (Å²) in [6, 6.07) is 6.41. The second-order valence-corrected chi connectivity index (χ2v) is 8.32. The van der Waals surface area contributed by atoms with E-state index in [0.29, 0.717) is 19.0 Å². The zero-order valence-electron chi connectivity index (χ0n) is 18.0. The summed E-state index contributed by atoms with van der Waals surface area (Å²) in [6.45, 7) is 3.90. The number of halogens is 1. The molecule has 8 nitrogen and oxygen atoms in total. The van der Waals surface area contributed by atoms with Crippen molar-refractivity contribution in [3.05, 3.63) is 59.8 Å². The summed E-state index contributed by atoms with van der Waals surface area (Å²) < 4.78 is 14.9. The molecule has 0 saturated carbocycles. The standard InChI is InChI=1S/C22H24FN7O.H2S/c1-22-8-3-9-30(22)19-18(28(2)20(22)31)12-25-21(27-19)24-10-16-11-26-29(14-16)13-15-4-6-17(23)7-5-15;/h4-7,11-12,14H,3,8-10,13H2,1-2H3,(H,24,25,27);1H2/t22-;/m0./s1. The number of hydrogen-bond donors (Lipinski definition) is 1. The van der Waals surface area contributed by atoms with Gasteiger partial charge >= 0.3 is 0 Å². The van der Waals surface area contributed by atoms with E-state index in [9.17, 15) is 9.18 Å². The SMILES string of the molecule is CN1C(=O)[C@]2(C)CCCN2c2nc(NCc3cnn(Cc4ccc(F)cc4)c3)ncc21.S. The molecular weight excluding hydrogens is 429 g/mol. The quantitative estimate of drug-likeness (QED) is 0.637. The number of benzene rings is 1. The number of likely N-dealkylation sites (N-methyl/N-ethyl adjacent to an activating group) is 1. The van der Waals surface area contributed by atoms with Gasteiger partial charge in [0.05, 0.1) is 18.9 Å². The number of fused-ring (bicyclic) bond motifs is 3. The predicted molar refractivity (Wildman–Crippen MR) is 126 cm³/mol. The van der Waals surface area contributed by atoms with Gasteiger partial charge in [0.2, 0.25) is 5.95 Å². The first-order valence-electron chi connectivity index (χ1n) is 10.4. The van der Waals surface area contributed by atoms with Crippen molar-refractivity contribution in [3.63, 3.8) is 0 Å². The Labute approximate surface area is 192 Å². The minimum Gasteiger partial charge on any atom is -0.350 e. The van der Waals surface area contributed by atoms with Crippen molar-refractivity contribution in [1.29, 1.82) is 0 Å². The molecule has 1 amide bonds. The lowest BCUT2D eigenvalue weighted by atomic mass is 9.94. The molecule has 0 spiro atoms. The Morgan fingerprint density at radius 3 is 2.75 bits per heavy atom. The zero-order chi connectivity index (χ0) is 21.6. The predicted octanol–water partition coefficient (Wildman–Crippen LogP) is 2.92. The Balaban J connectivity index is 0.00000245. The molecule has 168 valence electrons. The highest BCUT2D eigenvalue weighted by molar-refractivity contribution is 7.59. The first kappa shape index (κ1) is 22.1. The number of carbonyl (C=O) groups excluding carboxylic acids is 1. The van der Waals surface area contributed by atoms with Gasteiger partial charge < -0.3 is 15.1 Å². The molecule has 32 heavy (non-hydrogen) atoms. The fourth-order valence-electron chi connectivity index (χ4n) is 4.42. The van der Waals surface area contributed by atoms with Gasteiger partial charge in [0, 0.05) is 31.9 Å². The van der Waals surface area contributed by atoms with Crippen LogP contribution in [0.2, 0.25) is 0 Å². The smallest absolute Gasteiger partial charge is 0.252 e. The van der Waals surface area contributed by atoms with Crippen molar-refractivity contribution in [2.24, 2.45) is 0 Å². The number of nitrogens with zero attached hydrogens (tertiary/aromatic N) is 6. The minimum absolute atomic E-state index is 0. The number of amides is 1. The van der Waals surface area contributed by atoms with Crippen molar-refractivity contribution in [1.82, 2.24) is 19.7 Å². The van der Waals surface area contributed by atoms with Crippen LogP contribution in [0.3, 0.4) is 0 Å². The largest absolute Gasteiger partial charge is 0.350 e. The maximum atomic E-state index is 13.1. The highest BCUT2D eigenvalue weighted by Crippen LogP contribution is 2.43. The van der Waals surface area contributed by atoms with Gasteiger partial charge in [0.25, 0.3) is 5.91 Å². The van der Waals surface area contributed by atoms with Crippen LogP contribution < -0.4 is 15.1 Å². The van der Waals surface area contributed by atoms with Gasteiger partial charge in [-0.2, -0.15) is 23.6 Å². The van der Waals surface area contributed by atoms with Crippen LogP contribution in [0, 0.1) is 5.82 Å². The Bertz CT molecular complexity index is 1140. The lowest BCUT2D eigenvalue weighted by Crippen LogP contribution is -2.58. The summed E-state index contributed by atoms with van der Waals surface area (Å²) in [6.07, 6.45) is 7.24. The van der Waals surface area contributed by atoms with E-state index in [2.05, 4.69) is 20.3 Å². The van der Waals surface area contributed by atoms with Crippen LogP contribution in [-0.4, -0.2) is 44.8 Å². The second-order valence-electron chi connectivity index (χ2n) is 8.32. The summed E-state index contributed by atoms with van der Waals surface area (Å²) in [5, 5.41) is 7.64. The molecule has 1 atom stereocenters. The molecule has 2 aromatic heterocycles. The number of hydrogen-bond acceptors (Lipinski definition) is 6. The number of anilines is 3. The summed E-state index contributed by atoms with van der Waals surface area (Å²) >= 11 is 0. The number of rotatable bonds is 5. The molecule has 4 heterocycles. The lowest BCUT2D eigenvalue weighted by molar-refractivity contribution is -0.123. The fraction of sp³-hybridized carbons (Fsp3) is 0.364. The third kappa shape index (κ3) is 3.79. The summed E-state index contributed by atoms with van der Waals surface area (Å²) in [7, 11) is 1.79. The van der Waals surface area contributed by atoms with Crippen molar-refractivity contribution in [2.45, 2.75) is 38.4 Å². The fourth-order valence-corrected chi connectivity index (χ4v) is 4.42. The second kappa shape index (κ2) is 8.42. The van der Waals surface area contributed by atoms with Crippen LogP contribution in [0.1, 0.15) is 30.9 Å². The number of aromatic nitrogens is 4. The Morgan fingerprint density at radius 1 is 1.19 bits per heavy atom. The average molecular weight is 456 g/mol. The highest BCUT2D eigenvalue weighted by Gasteiger charge is 2.50. The van der Waals surface area contributed by atoms with Crippen molar-refractivity contribution >= 4 is 36.9 Å². The van der Waals surface area contributed by atoms with Gasteiger partial charge in [-0.25, -0.2) is 9.37 Å². The normalized spacial score (nSPS) is 19.4. The van der Waals surface area contributed by atoms with Crippen molar-refractivity contribution in [3.8, 4) is 0 Å². The molecular formula is C22H26FN7OS. The topological polar surface area (TPSA) is 79.2 Å². The van der Waals surface area contributed by atoms with Crippen LogP contribution in [0.25, 0.3) is 0 Å². The van der Waals surface area contributed by atoms with Gasteiger partial charge in [-0.05, 0) is 37.5 Å². The van der Waals surface area contributed by atoms with Crippen LogP contribution in [-0.2, 0) is 17.9 Å². The van der Waals surface area contributed by atoms with E-state index in [4.69, 9.17) is 4.98 Å².